The fourth-order valence-electron chi connectivity index (χ4n) is 3.51. The first-order chi connectivity index (χ1) is 13.2. The van der Waals surface area contributed by atoms with E-state index in [2.05, 4.69) is 27.8 Å². The molecule has 1 aromatic carbocycles. The van der Waals surface area contributed by atoms with Crippen molar-refractivity contribution in [3.8, 4) is 0 Å². The lowest BCUT2D eigenvalue weighted by atomic mass is 10.1. The van der Waals surface area contributed by atoms with Gasteiger partial charge in [0.2, 0.25) is 5.91 Å². The van der Waals surface area contributed by atoms with E-state index in [-0.39, 0.29) is 17.7 Å². The molecule has 27 heavy (non-hydrogen) atoms. The molecule has 1 saturated carbocycles. The Hall–Kier alpha value is -2.70. The van der Waals surface area contributed by atoms with Crippen molar-refractivity contribution in [1.82, 2.24) is 25.2 Å². The van der Waals surface area contributed by atoms with Crippen molar-refractivity contribution in [3.05, 3.63) is 47.8 Å². The summed E-state index contributed by atoms with van der Waals surface area (Å²) in [5.41, 5.74) is 1.59. The number of hydrogen-bond acceptors (Lipinski definition) is 4. The number of likely N-dealkylation sites (tertiary alicyclic amines) is 1. The van der Waals surface area contributed by atoms with Gasteiger partial charge in [0.05, 0.1) is 6.20 Å². The molecule has 2 heterocycles. The van der Waals surface area contributed by atoms with E-state index < -0.39 is 0 Å². The molecule has 2 aromatic rings. The maximum atomic E-state index is 12.3. The van der Waals surface area contributed by atoms with E-state index in [0.717, 1.165) is 26.1 Å². The Morgan fingerprint density at radius 1 is 1.19 bits per heavy atom. The van der Waals surface area contributed by atoms with Crippen molar-refractivity contribution in [2.45, 2.75) is 32.2 Å². The zero-order valence-corrected chi connectivity index (χ0v) is 15.4. The van der Waals surface area contributed by atoms with E-state index in [0.29, 0.717) is 24.6 Å². The van der Waals surface area contributed by atoms with Crippen LogP contribution in [0.5, 0.6) is 0 Å². The van der Waals surface area contributed by atoms with E-state index in [4.69, 9.17) is 0 Å². The fraction of sp³-hybridized carbons (Fsp3) is 0.500. The Morgan fingerprint density at radius 2 is 2.00 bits per heavy atom. The van der Waals surface area contributed by atoms with Crippen LogP contribution >= 0.6 is 0 Å². The highest BCUT2D eigenvalue weighted by molar-refractivity contribution is 5.91. The predicted octanol–water partition coefficient (Wildman–Crippen LogP) is 1.51. The highest BCUT2D eigenvalue weighted by atomic mass is 16.2. The molecule has 0 spiro atoms. The summed E-state index contributed by atoms with van der Waals surface area (Å²) in [6, 6.07) is 10.2. The standard InChI is InChI=1S/C20H25N5O2/c26-19-10-17(12-24(19)9-8-15-4-2-1-3-5-15)13-25-14-18(22-23-25)20(27)21-11-16-6-7-16/h1-5,14,16-17H,6-13H2,(H,21,27). The molecule has 1 aliphatic heterocycles. The number of amides is 2. The number of hydrogen-bond donors (Lipinski definition) is 1. The zero-order valence-electron chi connectivity index (χ0n) is 15.4. The molecule has 1 aromatic heterocycles. The highest BCUT2D eigenvalue weighted by Crippen LogP contribution is 2.27. The monoisotopic (exact) mass is 367 g/mol. The van der Waals surface area contributed by atoms with Crippen LogP contribution in [0.25, 0.3) is 0 Å². The molecule has 7 heteroatoms. The summed E-state index contributed by atoms with van der Waals surface area (Å²) in [5, 5.41) is 10.9. The molecule has 142 valence electrons. The summed E-state index contributed by atoms with van der Waals surface area (Å²) in [4.78, 5) is 26.3. The fourth-order valence-corrected chi connectivity index (χ4v) is 3.51. The molecule has 1 unspecified atom stereocenters. The van der Waals surface area contributed by atoms with Crippen LogP contribution in [0.15, 0.2) is 36.5 Å². The molecule has 2 amide bonds. The van der Waals surface area contributed by atoms with Crippen LogP contribution in [0, 0.1) is 11.8 Å². The summed E-state index contributed by atoms with van der Waals surface area (Å²) in [7, 11) is 0. The average molecular weight is 367 g/mol. The lowest BCUT2D eigenvalue weighted by molar-refractivity contribution is -0.127. The average Bonchev–Trinajstić information content (AvgIpc) is 3.29. The third kappa shape index (κ3) is 4.72. The number of carbonyl (C=O) groups is 2. The van der Waals surface area contributed by atoms with Crippen LogP contribution in [0.1, 0.15) is 35.3 Å². The maximum Gasteiger partial charge on any atom is 0.273 e. The van der Waals surface area contributed by atoms with Gasteiger partial charge in [0.25, 0.3) is 5.91 Å². The largest absolute Gasteiger partial charge is 0.350 e. The molecule has 2 aliphatic rings. The molecule has 0 bridgehead atoms. The summed E-state index contributed by atoms with van der Waals surface area (Å²) < 4.78 is 1.69. The van der Waals surface area contributed by atoms with Gasteiger partial charge in [-0.1, -0.05) is 35.5 Å². The lowest BCUT2D eigenvalue weighted by Crippen LogP contribution is -2.28. The van der Waals surface area contributed by atoms with Crippen LogP contribution in [0.4, 0.5) is 0 Å². The number of nitrogens with zero attached hydrogens (tertiary/aromatic N) is 4. The molecule has 7 nitrogen and oxygen atoms in total. The van der Waals surface area contributed by atoms with Crippen molar-refractivity contribution in [1.29, 1.82) is 0 Å². The first-order valence-electron chi connectivity index (χ1n) is 9.67. The SMILES string of the molecule is O=C(NCC1CC1)c1cn(CC2CC(=O)N(CCc3ccccc3)C2)nn1. The molecule has 0 radical (unpaired) electrons. The summed E-state index contributed by atoms with van der Waals surface area (Å²) in [6.07, 6.45) is 5.47. The molecular weight excluding hydrogens is 342 g/mol. The van der Waals surface area contributed by atoms with Crippen molar-refractivity contribution in [3.63, 3.8) is 0 Å². The van der Waals surface area contributed by atoms with Crippen molar-refractivity contribution in [2.75, 3.05) is 19.6 Å². The van der Waals surface area contributed by atoms with Gasteiger partial charge in [-0.25, -0.2) is 0 Å². The van der Waals surface area contributed by atoms with Gasteiger partial charge < -0.3 is 10.2 Å². The number of carbonyl (C=O) groups excluding carboxylic acids is 2. The van der Waals surface area contributed by atoms with Gasteiger partial charge in [0.15, 0.2) is 5.69 Å². The van der Waals surface area contributed by atoms with Gasteiger partial charge in [-0.2, -0.15) is 0 Å². The Bertz CT molecular complexity index is 800. The van der Waals surface area contributed by atoms with Crippen LogP contribution < -0.4 is 5.32 Å². The van der Waals surface area contributed by atoms with E-state index in [9.17, 15) is 9.59 Å². The Labute approximate surface area is 158 Å². The van der Waals surface area contributed by atoms with Crippen LogP contribution in [-0.4, -0.2) is 51.3 Å². The quantitative estimate of drug-likeness (QED) is 0.767. The van der Waals surface area contributed by atoms with Gasteiger partial charge >= 0.3 is 0 Å². The Kier molecular flexibility index (Phi) is 5.18. The third-order valence-corrected chi connectivity index (χ3v) is 5.27. The summed E-state index contributed by atoms with van der Waals surface area (Å²) >= 11 is 0. The summed E-state index contributed by atoms with van der Waals surface area (Å²) in [5.74, 6) is 0.867. The number of benzene rings is 1. The minimum Gasteiger partial charge on any atom is -0.350 e. The van der Waals surface area contributed by atoms with Gasteiger partial charge in [0, 0.05) is 38.5 Å². The van der Waals surface area contributed by atoms with Gasteiger partial charge in [-0.15, -0.1) is 5.10 Å². The normalized spacial score (nSPS) is 19.5. The predicted molar refractivity (Wildman–Crippen MR) is 99.9 cm³/mol. The first kappa shape index (κ1) is 17.7. The third-order valence-electron chi connectivity index (χ3n) is 5.27. The second-order valence-corrected chi connectivity index (χ2v) is 7.62. The minimum absolute atomic E-state index is 0.167. The van der Waals surface area contributed by atoms with Gasteiger partial charge in [-0.05, 0) is 30.7 Å². The molecule has 1 atom stereocenters. The highest BCUT2D eigenvalue weighted by Gasteiger charge is 2.30. The molecule has 1 saturated heterocycles. The van der Waals surface area contributed by atoms with E-state index in [1.165, 1.54) is 18.4 Å². The van der Waals surface area contributed by atoms with E-state index >= 15 is 0 Å². The smallest absolute Gasteiger partial charge is 0.273 e. The van der Waals surface area contributed by atoms with Crippen LogP contribution in [-0.2, 0) is 17.8 Å². The van der Waals surface area contributed by atoms with E-state index in [1.807, 2.05) is 23.1 Å². The molecular formula is C20H25N5O2. The Morgan fingerprint density at radius 3 is 2.78 bits per heavy atom. The van der Waals surface area contributed by atoms with Crippen molar-refractivity contribution < 1.29 is 9.59 Å². The van der Waals surface area contributed by atoms with Crippen molar-refractivity contribution >= 4 is 11.8 Å². The maximum absolute atomic E-state index is 12.3. The zero-order chi connectivity index (χ0) is 18.6. The molecule has 1 aliphatic carbocycles. The minimum atomic E-state index is -0.167. The van der Waals surface area contributed by atoms with Gasteiger partial charge in [0.1, 0.15) is 0 Å². The van der Waals surface area contributed by atoms with Crippen LogP contribution in [0.2, 0.25) is 0 Å². The van der Waals surface area contributed by atoms with Gasteiger partial charge in [-0.3, -0.25) is 14.3 Å². The second kappa shape index (κ2) is 7.90. The lowest BCUT2D eigenvalue weighted by Gasteiger charge is -2.16. The second-order valence-electron chi connectivity index (χ2n) is 7.62. The number of aromatic nitrogens is 3. The topological polar surface area (TPSA) is 80.1 Å². The molecule has 2 fully saturated rings. The van der Waals surface area contributed by atoms with Crippen molar-refractivity contribution in [2.24, 2.45) is 11.8 Å². The molecule has 1 N–H and O–H groups in total. The Balaban J connectivity index is 1.26. The summed E-state index contributed by atoms with van der Waals surface area (Å²) in [6.45, 7) is 2.80. The number of rotatable bonds is 8. The van der Waals surface area contributed by atoms with E-state index in [1.54, 1.807) is 10.9 Å². The first-order valence-corrected chi connectivity index (χ1v) is 9.67. The number of nitrogens with one attached hydrogen (secondary N) is 1. The van der Waals surface area contributed by atoms with Crippen LogP contribution in [0.3, 0.4) is 0 Å². The molecule has 4 rings (SSSR count).